The lowest BCUT2D eigenvalue weighted by Crippen LogP contribution is -2.46. The van der Waals surface area contributed by atoms with Crippen LogP contribution in [0.15, 0.2) is 48.4 Å². The number of rotatable bonds is 10. The first kappa shape index (κ1) is 26.2. The minimum Gasteiger partial charge on any atom is -0.460 e. The topological polar surface area (TPSA) is 117 Å². The molecular weight excluding hydrogens is 469 g/mol. The number of aliphatic hydroxyl groups is 2. The predicted molar refractivity (Wildman–Crippen MR) is 119 cm³/mol. The van der Waals surface area contributed by atoms with Crippen LogP contribution in [0.3, 0.4) is 0 Å². The molecular formula is C23H27F3N4O5. The van der Waals surface area contributed by atoms with Crippen molar-refractivity contribution in [3.8, 4) is 5.75 Å². The lowest BCUT2D eigenvalue weighted by atomic mass is 10.0. The monoisotopic (exact) mass is 496 g/mol. The summed E-state index contributed by atoms with van der Waals surface area (Å²) in [6, 6.07) is 4.96. The third-order valence-electron chi connectivity index (χ3n) is 5.18. The fourth-order valence-electron chi connectivity index (χ4n) is 3.56. The van der Waals surface area contributed by atoms with Crippen LogP contribution in [-0.4, -0.2) is 62.0 Å². The van der Waals surface area contributed by atoms with E-state index in [1.165, 1.54) is 34.0 Å². The molecule has 0 radical (unpaired) electrons. The second-order valence-electron chi connectivity index (χ2n) is 8.60. The quantitative estimate of drug-likeness (QED) is 0.465. The van der Waals surface area contributed by atoms with Crippen LogP contribution in [-0.2, 0) is 22.3 Å². The van der Waals surface area contributed by atoms with Crippen LogP contribution < -0.4 is 10.1 Å². The molecule has 2 heterocycles. The van der Waals surface area contributed by atoms with Gasteiger partial charge in [-0.05, 0) is 30.5 Å². The Morgan fingerprint density at radius 1 is 1.29 bits per heavy atom. The zero-order valence-corrected chi connectivity index (χ0v) is 19.2. The van der Waals surface area contributed by atoms with Crippen molar-refractivity contribution in [1.29, 1.82) is 0 Å². The molecule has 0 spiro atoms. The number of carbonyl (C=O) groups excluding carboxylic acids is 2. The van der Waals surface area contributed by atoms with E-state index < -0.39 is 42.3 Å². The fraction of sp³-hybridized carbons (Fsp3) is 0.435. The standard InChI is InChI=1S/C23H27F3N4O5/c1-14(2)8-19(22(34)27-20-6-7-29(28-20)11-16(32)13-31)30-12-18(10-21(30)33)35-17-5-3-4-15(9-17)23(24,25)26/h3-7,9-10,14,16,19,31-32H,8,11-13H2,1-2H3,(H,27,28,34)/t16-,19+/m1/s1. The number of nitrogens with zero attached hydrogens (tertiary/aromatic N) is 3. The van der Waals surface area contributed by atoms with Gasteiger partial charge in [-0.15, -0.1) is 0 Å². The maximum Gasteiger partial charge on any atom is 0.416 e. The highest BCUT2D eigenvalue weighted by Crippen LogP contribution is 2.32. The molecule has 1 aliphatic rings. The summed E-state index contributed by atoms with van der Waals surface area (Å²) in [5.74, 6) is -0.685. The van der Waals surface area contributed by atoms with E-state index in [9.17, 15) is 27.9 Å². The van der Waals surface area contributed by atoms with Crippen molar-refractivity contribution in [1.82, 2.24) is 14.7 Å². The van der Waals surface area contributed by atoms with Gasteiger partial charge in [-0.2, -0.15) is 18.3 Å². The molecule has 3 rings (SSSR count). The van der Waals surface area contributed by atoms with Gasteiger partial charge in [0.1, 0.15) is 17.6 Å². The minimum atomic E-state index is -4.53. The van der Waals surface area contributed by atoms with Crippen LogP contribution in [0.2, 0.25) is 0 Å². The zero-order chi connectivity index (χ0) is 25.8. The molecule has 0 aliphatic carbocycles. The van der Waals surface area contributed by atoms with Crippen LogP contribution in [0.1, 0.15) is 25.8 Å². The van der Waals surface area contributed by atoms with Crippen LogP contribution in [0, 0.1) is 5.92 Å². The van der Waals surface area contributed by atoms with Crippen molar-refractivity contribution < 1.29 is 37.7 Å². The zero-order valence-electron chi connectivity index (χ0n) is 19.2. The Morgan fingerprint density at radius 3 is 2.69 bits per heavy atom. The average molecular weight is 496 g/mol. The maximum atomic E-state index is 13.1. The molecule has 0 saturated carbocycles. The summed E-state index contributed by atoms with van der Waals surface area (Å²) in [6.07, 6.45) is -2.53. The summed E-state index contributed by atoms with van der Waals surface area (Å²) < 4.78 is 45.8. The minimum absolute atomic E-state index is 0.0343. The highest BCUT2D eigenvalue weighted by Gasteiger charge is 2.35. The molecule has 0 unspecified atom stereocenters. The number of alkyl halides is 3. The normalized spacial score (nSPS) is 15.8. The van der Waals surface area contributed by atoms with Crippen molar-refractivity contribution in [2.75, 3.05) is 18.5 Å². The van der Waals surface area contributed by atoms with Crippen molar-refractivity contribution in [2.45, 2.75) is 45.1 Å². The molecule has 1 aromatic heterocycles. The Balaban J connectivity index is 1.69. The number of carbonyl (C=O) groups is 2. The average Bonchev–Trinajstić information content (AvgIpc) is 3.36. The van der Waals surface area contributed by atoms with Gasteiger partial charge in [0.25, 0.3) is 5.91 Å². The van der Waals surface area contributed by atoms with E-state index in [1.54, 1.807) is 0 Å². The summed E-state index contributed by atoms with van der Waals surface area (Å²) in [4.78, 5) is 27.0. The van der Waals surface area contributed by atoms with Crippen molar-refractivity contribution in [3.05, 3.63) is 53.9 Å². The molecule has 0 fully saturated rings. The first-order chi connectivity index (χ1) is 16.5. The fourth-order valence-corrected chi connectivity index (χ4v) is 3.56. The van der Waals surface area contributed by atoms with Gasteiger partial charge in [0.05, 0.1) is 31.4 Å². The predicted octanol–water partition coefficient (Wildman–Crippen LogP) is 2.41. The molecule has 3 N–H and O–H groups in total. The number of anilines is 1. The third kappa shape index (κ3) is 7.06. The molecule has 1 aromatic carbocycles. The van der Waals surface area contributed by atoms with Crippen LogP contribution in [0.25, 0.3) is 0 Å². The van der Waals surface area contributed by atoms with E-state index in [4.69, 9.17) is 9.84 Å². The molecule has 2 atom stereocenters. The molecule has 190 valence electrons. The molecule has 35 heavy (non-hydrogen) atoms. The van der Waals surface area contributed by atoms with Crippen LogP contribution in [0.5, 0.6) is 5.75 Å². The van der Waals surface area contributed by atoms with Gasteiger partial charge < -0.3 is 25.2 Å². The van der Waals surface area contributed by atoms with E-state index in [0.717, 1.165) is 18.2 Å². The lowest BCUT2D eigenvalue weighted by molar-refractivity contribution is -0.137. The number of aliphatic hydroxyl groups excluding tert-OH is 2. The molecule has 0 saturated heterocycles. The van der Waals surface area contributed by atoms with E-state index in [0.29, 0.717) is 6.42 Å². The Kier molecular flexibility index (Phi) is 8.18. The molecule has 0 bridgehead atoms. The second-order valence-corrected chi connectivity index (χ2v) is 8.60. The van der Waals surface area contributed by atoms with Crippen LogP contribution >= 0.6 is 0 Å². The summed E-state index contributed by atoms with van der Waals surface area (Å²) in [5, 5.41) is 25.3. The van der Waals surface area contributed by atoms with Crippen molar-refractivity contribution >= 4 is 17.6 Å². The smallest absolute Gasteiger partial charge is 0.416 e. The number of hydrogen-bond donors (Lipinski definition) is 3. The number of amides is 2. The van der Waals surface area contributed by atoms with Gasteiger partial charge in [0, 0.05) is 18.3 Å². The lowest BCUT2D eigenvalue weighted by Gasteiger charge is -2.28. The van der Waals surface area contributed by atoms with E-state index in [1.807, 2.05) is 13.8 Å². The highest BCUT2D eigenvalue weighted by molar-refractivity contribution is 5.99. The third-order valence-corrected chi connectivity index (χ3v) is 5.18. The first-order valence-corrected chi connectivity index (χ1v) is 11.0. The van der Waals surface area contributed by atoms with Gasteiger partial charge in [0.15, 0.2) is 5.82 Å². The number of halogens is 3. The summed E-state index contributed by atoms with van der Waals surface area (Å²) >= 11 is 0. The Hall–Kier alpha value is -3.38. The second kappa shape index (κ2) is 10.9. The first-order valence-electron chi connectivity index (χ1n) is 11.0. The maximum absolute atomic E-state index is 13.1. The van der Waals surface area contributed by atoms with E-state index in [-0.39, 0.29) is 36.3 Å². The van der Waals surface area contributed by atoms with Gasteiger partial charge in [-0.3, -0.25) is 14.3 Å². The Morgan fingerprint density at radius 2 is 2.03 bits per heavy atom. The highest BCUT2D eigenvalue weighted by atomic mass is 19.4. The largest absolute Gasteiger partial charge is 0.460 e. The van der Waals surface area contributed by atoms with E-state index in [2.05, 4.69) is 10.4 Å². The SMILES string of the molecule is CC(C)C[C@@H](C(=O)Nc1ccn(C[C@@H](O)CO)n1)N1CC(Oc2cccc(C(F)(F)F)c2)=CC1=O. The van der Waals surface area contributed by atoms with Gasteiger partial charge in [-0.1, -0.05) is 19.9 Å². The van der Waals surface area contributed by atoms with Gasteiger partial charge in [0.2, 0.25) is 5.91 Å². The Labute approximate surface area is 199 Å². The summed E-state index contributed by atoms with van der Waals surface area (Å²) in [7, 11) is 0. The molecule has 2 aromatic rings. The van der Waals surface area contributed by atoms with E-state index >= 15 is 0 Å². The molecule has 9 nitrogen and oxygen atoms in total. The van der Waals surface area contributed by atoms with Crippen molar-refractivity contribution in [2.24, 2.45) is 5.92 Å². The van der Waals surface area contributed by atoms with Gasteiger partial charge in [-0.25, -0.2) is 0 Å². The number of benzene rings is 1. The summed E-state index contributed by atoms with van der Waals surface area (Å²) in [5.41, 5.74) is -0.875. The number of hydrogen-bond acceptors (Lipinski definition) is 6. The van der Waals surface area contributed by atoms with Crippen LogP contribution in [0.4, 0.5) is 19.0 Å². The molecule has 2 amide bonds. The Bertz CT molecular complexity index is 1080. The number of nitrogens with one attached hydrogen (secondary N) is 1. The van der Waals surface area contributed by atoms with Gasteiger partial charge >= 0.3 is 6.18 Å². The summed E-state index contributed by atoms with van der Waals surface area (Å²) in [6.45, 7) is 3.29. The number of ether oxygens (including phenoxy) is 1. The molecule has 1 aliphatic heterocycles. The molecule has 12 heteroatoms. The van der Waals surface area contributed by atoms with Crippen molar-refractivity contribution in [3.63, 3.8) is 0 Å². The number of aromatic nitrogens is 2.